The summed E-state index contributed by atoms with van der Waals surface area (Å²) in [5.41, 5.74) is 2.10. The molecule has 3 aromatic heterocycles. The van der Waals surface area contributed by atoms with Crippen LogP contribution in [0.3, 0.4) is 0 Å². The maximum Gasteiger partial charge on any atom is 0.410 e. The molecule has 10 heteroatoms. The number of hydrogen-bond acceptors (Lipinski definition) is 8. The average molecular weight is 531 g/mol. The summed E-state index contributed by atoms with van der Waals surface area (Å²) < 4.78 is 7.41. The highest BCUT2D eigenvalue weighted by molar-refractivity contribution is 5.69. The molecule has 0 N–H and O–H groups in total. The first kappa shape index (κ1) is 25.6. The molecule has 206 valence electrons. The standard InChI is InChI=1S/C29H38N8O2/c1-5-21-8-7-13-36(21)27-12-11-25-30-18-24(37(25)32-27)23-9-6-10-26(31-23)34-16-14-33(15-17-34)22-19-35(20-22)28(38)39-29(2,3)4/h5-6,9-12,18,21-22H,1,7-8,13-17,19-20H2,2-4H3/t21-/m0/s1. The van der Waals surface area contributed by atoms with Gasteiger partial charge in [-0.3, -0.25) is 4.90 Å². The van der Waals surface area contributed by atoms with Gasteiger partial charge in [0.05, 0.1) is 11.9 Å². The Bertz CT molecular complexity index is 1350. The van der Waals surface area contributed by atoms with E-state index in [-0.39, 0.29) is 6.09 Å². The van der Waals surface area contributed by atoms with Crippen LogP contribution in [0.15, 0.2) is 49.2 Å². The Kier molecular flexibility index (Phi) is 6.66. The van der Waals surface area contributed by atoms with E-state index in [1.807, 2.05) is 55.8 Å². The molecule has 0 unspecified atom stereocenters. The topological polar surface area (TPSA) is 82.3 Å². The number of fused-ring (bicyclic) bond motifs is 1. The van der Waals surface area contributed by atoms with Gasteiger partial charge in [0.1, 0.15) is 22.9 Å². The fraction of sp³-hybridized carbons (Fsp3) is 0.517. The molecule has 10 nitrogen and oxygen atoms in total. The number of imidazole rings is 1. The lowest BCUT2D eigenvalue weighted by molar-refractivity contribution is -0.0162. The Balaban J connectivity index is 1.11. The second kappa shape index (κ2) is 10.1. The van der Waals surface area contributed by atoms with Crippen molar-refractivity contribution in [3.05, 3.63) is 49.2 Å². The van der Waals surface area contributed by atoms with Crippen LogP contribution in [0.2, 0.25) is 0 Å². The molecule has 39 heavy (non-hydrogen) atoms. The highest BCUT2D eigenvalue weighted by Crippen LogP contribution is 2.28. The first-order valence-electron chi connectivity index (χ1n) is 14.0. The average Bonchev–Trinajstić information content (AvgIpc) is 3.54. The number of likely N-dealkylation sites (tertiary alicyclic amines) is 1. The predicted octanol–water partition coefficient (Wildman–Crippen LogP) is 3.69. The smallest absolute Gasteiger partial charge is 0.410 e. The maximum absolute atomic E-state index is 12.3. The van der Waals surface area contributed by atoms with E-state index < -0.39 is 5.60 Å². The molecular formula is C29H38N8O2. The molecule has 3 saturated heterocycles. The number of aromatic nitrogens is 4. The van der Waals surface area contributed by atoms with E-state index in [0.717, 1.165) is 87.3 Å². The monoisotopic (exact) mass is 530 g/mol. The highest BCUT2D eigenvalue weighted by atomic mass is 16.6. The van der Waals surface area contributed by atoms with Gasteiger partial charge in [-0.2, -0.15) is 0 Å². The van der Waals surface area contributed by atoms with Crippen LogP contribution < -0.4 is 9.80 Å². The van der Waals surface area contributed by atoms with E-state index in [1.54, 1.807) is 4.90 Å². The number of ether oxygens (including phenoxy) is 1. The number of hydrogen-bond donors (Lipinski definition) is 0. The summed E-state index contributed by atoms with van der Waals surface area (Å²) in [6.07, 6.45) is 5.92. The third-order valence-electron chi connectivity index (χ3n) is 7.88. The molecule has 0 radical (unpaired) electrons. The summed E-state index contributed by atoms with van der Waals surface area (Å²) in [7, 11) is 0. The Morgan fingerprint density at radius 2 is 1.85 bits per heavy atom. The Hall–Kier alpha value is -3.66. The summed E-state index contributed by atoms with van der Waals surface area (Å²) in [5.74, 6) is 1.91. The molecule has 3 aromatic rings. The first-order chi connectivity index (χ1) is 18.8. The molecule has 0 saturated carbocycles. The SMILES string of the molecule is C=C[C@H]1CCCN1c1ccc2ncc(-c3cccc(N4CCN(C5CN(C(=O)OC(C)(C)C)C5)CC4)n3)n2n1. The van der Waals surface area contributed by atoms with Crippen LogP contribution in [0.4, 0.5) is 16.4 Å². The Morgan fingerprint density at radius 1 is 1.05 bits per heavy atom. The molecule has 3 aliphatic heterocycles. The van der Waals surface area contributed by atoms with Crippen LogP contribution in [0.5, 0.6) is 0 Å². The van der Waals surface area contributed by atoms with Gasteiger partial charge in [-0.05, 0) is 57.9 Å². The molecular weight excluding hydrogens is 492 g/mol. The number of pyridine rings is 1. The molecule has 1 amide bonds. The molecule has 1 atom stereocenters. The van der Waals surface area contributed by atoms with Gasteiger partial charge < -0.3 is 19.4 Å². The van der Waals surface area contributed by atoms with Crippen LogP contribution in [-0.2, 0) is 4.74 Å². The van der Waals surface area contributed by atoms with Gasteiger partial charge in [-0.1, -0.05) is 12.1 Å². The van der Waals surface area contributed by atoms with Gasteiger partial charge in [0.15, 0.2) is 5.65 Å². The summed E-state index contributed by atoms with van der Waals surface area (Å²) in [4.78, 5) is 30.8. The van der Waals surface area contributed by atoms with Crippen molar-refractivity contribution in [2.24, 2.45) is 0 Å². The zero-order chi connectivity index (χ0) is 27.1. The van der Waals surface area contributed by atoms with E-state index in [2.05, 4.69) is 38.4 Å². The summed E-state index contributed by atoms with van der Waals surface area (Å²) in [5, 5.41) is 4.95. The van der Waals surface area contributed by atoms with Crippen molar-refractivity contribution in [1.82, 2.24) is 29.4 Å². The third kappa shape index (κ3) is 5.17. The lowest BCUT2D eigenvalue weighted by Crippen LogP contribution is -2.64. The third-order valence-corrected chi connectivity index (χ3v) is 7.88. The van der Waals surface area contributed by atoms with Crippen molar-refractivity contribution in [2.45, 2.75) is 51.3 Å². The van der Waals surface area contributed by atoms with Crippen molar-refractivity contribution >= 4 is 23.4 Å². The van der Waals surface area contributed by atoms with Gasteiger partial charge >= 0.3 is 6.09 Å². The van der Waals surface area contributed by atoms with E-state index in [0.29, 0.717) is 12.1 Å². The molecule has 0 spiro atoms. The van der Waals surface area contributed by atoms with Gasteiger partial charge in [0, 0.05) is 57.9 Å². The van der Waals surface area contributed by atoms with Gasteiger partial charge in [0.25, 0.3) is 0 Å². The Morgan fingerprint density at radius 3 is 2.59 bits per heavy atom. The molecule has 0 bridgehead atoms. The van der Waals surface area contributed by atoms with Crippen LogP contribution in [0.1, 0.15) is 33.6 Å². The van der Waals surface area contributed by atoms with Crippen molar-refractivity contribution in [3.63, 3.8) is 0 Å². The van der Waals surface area contributed by atoms with Gasteiger partial charge in [-0.25, -0.2) is 19.3 Å². The number of carbonyl (C=O) groups is 1. The lowest BCUT2D eigenvalue weighted by atomic mass is 10.1. The summed E-state index contributed by atoms with van der Waals surface area (Å²) >= 11 is 0. The molecule has 0 aromatic carbocycles. The molecule has 6 rings (SSSR count). The van der Waals surface area contributed by atoms with E-state index >= 15 is 0 Å². The van der Waals surface area contributed by atoms with Crippen molar-refractivity contribution < 1.29 is 9.53 Å². The minimum Gasteiger partial charge on any atom is -0.444 e. The highest BCUT2D eigenvalue weighted by Gasteiger charge is 2.38. The summed E-state index contributed by atoms with van der Waals surface area (Å²) in [6, 6.07) is 11.0. The quantitative estimate of drug-likeness (QED) is 0.462. The van der Waals surface area contributed by atoms with Gasteiger partial charge in [-0.15, -0.1) is 11.7 Å². The normalized spacial score (nSPS) is 20.9. The fourth-order valence-corrected chi connectivity index (χ4v) is 5.73. The van der Waals surface area contributed by atoms with E-state index in [4.69, 9.17) is 14.8 Å². The number of rotatable bonds is 5. The number of nitrogens with zero attached hydrogens (tertiary/aromatic N) is 8. The van der Waals surface area contributed by atoms with Crippen molar-refractivity contribution in [1.29, 1.82) is 0 Å². The molecule has 0 aliphatic carbocycles. The van der Waals surface area contributed by atoms with Gasteiger partial charge in [0.2, 0.25) is 0 Å². The summed E-state index contributed by atoms with van der Waals surface area (Å²) in [6.45, 7) is 15.8. The van der Waals surface area contributed by atoms with Crippen LogP contribution >= 0.6 is 0 Å². The maximum atomic E-state index is 12.3. The number of anilines is 2. The fourth-order valence-electron chi connectivity index (χ4n) is 5.73. The Labute approximate surface area is 229 Å². The number of carbonyl (C=O) groups excluding carboxylic acids is 1. The lowest BCUT2D eigenvalue weighted by Gasteiger charge is -2.48. The molecule has 6 heterocycles. The number of piperazine rings is 1. The second-order valence-corrected chi connectivity index (χ2v) is 11.7. The minimum atomic E-state index is -0.459. The molecule has 3 aliphatic rings. The van der Waals surface area contributed by atoms with E-state index in [9.17, 15) is 4.79 Å². The van der Waals surface area contributed by atoms with Crippen molar-refractivity contribution in [2.75, 3.05) is 55.6 Å². The van der Waals surface area contributed by atoms with Crippen molar-refractivity contribution in [3.8, 4) is 11.4 Å². The van der Waals surface area contributed by atoms with Crippen LogP contribution in [0.25, 0.3) is 17.0 Å². The van der Waals surface area contributed by atoms with Crippen LogP contribution in [0, 0.1) is 0 Å². The predicted molar refractivity (Wildman–Crippen MR) is 152 cm³/mol. The minimum absolute atomic E-state index is 0.214. The first-order valence-corrected chi connectivity index (χ1v) is 14.0. The zero-order valence-electron chi connectivity index (χ0n) is 23.2. The van der Waals surface area contributed by atoms with Crippen LogP contribution in [-0.4, -0.2) is 99.0 Å². The number of amides is 1. The largest absolute Gasteiger partial charge is 0.444 e. The molecule has 3 fully saturated rings. The second-order valence-electron chi connectivity index (χ2n) is 11.7. The zero-order valence-corrected chi connectivity index (χ0v) is 23.2. The van der Waals surface area contributed by atoms with E-state index in [1.165, 1.54) is 0 Å².